The second-order valence-electron chi connectivity index (χ2n) is 6.57. The highest BCUT2D eigenvalue weighted by Crippen LogP contribution is 2.39. The van der Waals surface area contributed by atoms with Gasteiger partial charge in [-0.15, -0.1) is 0 Å². The molecule has 4 heteroatoms. The Bertz CT molecular complexity index is 723. The van der Waals surface area contributed by atoms with E-state index in [0.29, 0.717) is 12.5 Å². The van der Waals surface area contributed by atoms with E-state index in [0.717, 1.165) is 22.7 Å². The van der Waals surface area contributed by atoms with Crippen molar-refractivity contribution in [3.63, 3.8) is 0 Å². The van der Waals surface area contributed by atoms with E-state index in [1.165, 1.54) is 24.0 Å². The number of rotatable bonds is 6. The van der Waals surface area contributed by atoms with Crippen LogP contribution in [0.5, 0.6) is 0 Å². The fraction of sp³-hybridized carbons (Fsp3) is 0.400. The van der Waals surface area contributed by atoms with Gasteiger partial charge in [0.2, 0.25) is 0 Å². The SMILES string of the molecule is C=C(C1=C(C=NCc2ccc(C)nc2C)C(NC)C=CN1)C1CC1. The molecule has 2 N–H and O–H groups in total. The molecule has 0 radical (unpaired) electrons. The maximum atomic E-state index is 4.69. The lowest BCUT2D eigenvalue weighted by molar-refractivity contribution is 0.736. The fourth-order valence-electron chi connectivity index (χ4n) is 3.01. The molecule has 1 atom stereocenters. The van der Waals surface area contributed by atoms with Crippen molar-refractivity contribution in [3.8, 4) is 0 Å². The van der Waals surface area contributed by atoms with Crippen LogP contribution in [0.2, 0.25) is 0 Å². The third-order valence-electron chi connectivity index (χ3n) is 4.67. The Hall–Kier alpha value is -2.20. The van der Waals surface area contributed by atoms with E-state index in [1.807, 2.05) is 39.4 Å². The van der Waals surface area contributed by atoms with Crippen molar-refractivity contribution in [3.05, 3.63) is 64.8 Å². The Morgan fingerprint density at radius 3 is 2.88 bits per heavy atom. The molecular formula is C20H26N4. The van der Waals surface area contributed by atoms with E-state index in [4.69, 9.17) is 0 Å². The number of nitrogens with one attached hydrogen (secondary N) is 2. The van der Waals surface area contributed by atoms with E-state index >= 15 is 0 Å². The van der Waals surface area contributed by atoms with Crippen LogP contribution in [0, 0.1) is 19.8 Å². The number of aliphatic imine (C=N–C) groups is 1. The molecule has 0 amide bonds. The molecule has 0 bridgehead atoms. The first-order valence-corrected chi connectivity index (χ1v) is 8.57. The Balaban J connectivity index is 1.81. The third-order valence-corrected chi connectivity index (χ3v) is 4.67. The zero-order chi connectivity index (χ0) is 17.1. The van der Waals surface area contributed by atoms with E-state index < -0.39 is 0 Å². The molecule has 2 heterocycles. The van der Waals surface area contributed by atoms with Crippen molar-refractivity contribution in [2.45, 2.75) is 39.3 Å². The normalized spacial score (nSPS) is 20.5. The van der Waals surface area contributed by atoms with Crippen molar-refractivity contribution in [1.29, 1.82) is 0 Å². The highest BCUT2D eigenvalue weighted by Gasteiger charge is 2.29. The quantitative estimate of drug-likeness (QED) is 0.791. The molecule has 1 fully saturated rings. The van der Waals surface area contributed by atoms with Crippen molar-refractivity contribution >= 4 is 6.21 Å². The number of likely N-dealkylation sites (N-methyl/N-ethyl adjacent to an activating group) is 1. The van der Waals surface area contributed by atoms with Crippen molar-refractivity contribution in [2.24, 2.45) is 10.9 Å². The lowest BCUT2D eigenvalue weighted by Crippen LogP contribution is -2.33. The van der Waals surface area contributed by atoms with Crippen LogP contribution in [-0.4, -0.2) is 24.3 Å². The van der Waals surface area contributed by atoms with Crippen LogP contribution >= 0.6 is 0 Å². The van der Waals surface area contributed by atoms with Gasteiger partial charge in [-0.2, -0.15) is 0 Å². The second-order valence-corrected chi connectivity index (χ2v) is 6.57. The average Bonchev–Trinajstić information content (AvgIpc) is 3.41. The van der Waals surface area contributed by atoms with Crippen molar-refractivity contribution in [1.82, 2.24) is 15.6 Å². The van der Waals surface area contributed by atoms with Gasteiger partial charge in [-0.05, 0) is 69.1 Å². The first kappa shape index (κ1) is 16.7. The first-order chi connectivity index (χ1) is 11.6. The number of dihydropyridines is 1. The molecular weight excluding hydrogens is 296 g/mol. The van der Waals surface area contributed by atoms with Crippen LogP contribution in [0.4, 0.5) is 0 Å². The summed E-state index contributed by atoms with van der Waals surface area (Å²) in [6.45, 7) is 8.99. The van der Waals surface area contributed by atoms with Gasteiger partial charge in [-0.1, -0.05) is 12.6 Å². The molecule has 1 aliphatic heterocycles. The summed E-state index contributed by atoms with van der Waals surface area (Å²) >= 11 is 0. The summed E-state index contributed by atoms with van der Waals surface area (Å²) in [4.78, 5) is 9.20. The molecule has 0 saturated heterocycles. The molecule has 1 aromatic heterocycles. The van der Waals surface area contributed by atoms with Gasteiger partial charge in [0.05, 0.1) is 12.6 Å². The number of hydrogen-bond donors (Lipinski definition) is 2. The van der Waals surface area contributed by atoms with Gasteiger partial charge in [0.25, 0.3) is 0 Å². The van der Waals surface area contributed by atoms with Gasteiger partial charge in [-0.25, -0.2) is 0 Å². The topological polar surface area (TPSA) is 49.3 Å². The predicted octanol–water partition coefficient (Wildman–Crippen LogP) is 3.19. The number of hydrogen-bond acceptors (Lipinski definition) is 4. The van der Waals surface area contributed by atoms with Crippen LogP contribution in [-0.2, 0) is 6.54 Å². The number of pyridine rings is 1. The van der Waals surface area contributed by atoms with Crippen LogP contribution in [0.1, 0.15) is 29.8 Å². The van der Waals surface area contributed by atoms with Gasteiger partial charge in [0.1, 0.15) is 0 Å². The predicted molar refractivity (Wildman–Crippen MR) is 99.9 cm³/mol. The number of allylic oxidation sites excluding steroid dienone is 1. The van der Waals surface area contributed by atoms with Gasteiger partial charge >= 0.3 is 0 Å². The first-order valence-electron chi connectivity index (χ1n) is 8.57. The maximum Gasteiger partial charge on any atom is 0.0657 e. The molecule has 3 rings (SSSR count). The van der Waals surface area contributed by atoms with Crippen molar-refractivity contribution < 1.29 is 0 Å². The molecule has 0 aromatic carbocycles. The monoisotopic (exact) mass is 322 g/mol. The van der Waals surface area contributed by atoms with E-state index in [1.54, 1.807) is 0 Å². The third kappa shape index (κ3) is 3.65. The van der Waals surface area contributed by atoms with E-state index in [9.17, 15) is 0 Å². The zero-order valence-electron chi connectivity index (χ0n) is 14.8. The summed E-state index contributed by atoms with van der Waals surface area (Å²) in [6.07, 6.45) is 8.59. The largest absolute Gasteiger partial charge is 0.361 e. The average molecular weight is 322 g/mol. The van der Waals surface area contributed by atoms with Gasteiger partial charge in [0, 0.05) is 28.9 Å². The standard InChI is InChI=1S/C20H26N4/c1-13-5-6-17(15(3)24-13)11-22-12-18-19(21-4)9-10-23-20(18)14(2)16-7-8-16/h5-6,9-10,12,16,19,21,23H,2,7-8,11H2,1,3-4H3. The lowest BCUT2D eigenvalue weighted by atomic mass is 9.97. The van der Waals surface area contributed by atoms with Crippen LogP contribution < -0.4 is 10.6 Å². The Kier molecular flexibility index (Phi) is 4.95. The Morgan fingerprint density at radius 1 is 1.42 bits per heavy atom. The maximum absolute atomic E-state index is 4.69. The highest BCUT2D eigenvalue weighted by atomic mass is 14.9. The van der Waals surface area contributed by atoms with Crippen LogP contribution in [0.25, 0.3) is 0 Å². The minimum atomic E-state index is 0.165. The van der Waals surface area contributed by atoms with Crippen LogP contribution in [0.15, 0.2) is 52.8 Å². The molecule has 24 heavy (non-hydrogen) atoms. The smallest absolute Gasteiger partial charge is 0.0657 e. The van der Waals surface area contributed by atoms with Gasteiger partial charge < -0.3 is 10.6 Å². The molecule has 4 nitrogen and oxygen atoms in total. The number of aryl methyl sites for hydroxylation is 2. The molecule has 1 aliphatic carbocycles. The molecule has 0 spiro atoms. The Labute approximate surface area is 144 Å². The van der Waals surface area contributed by atoms with Gasteiger partial charge in [-0.3, -0.25) is 9.98 Å². The highest BCUT2D eigenvalue weighted by molar-refractivity contribution is 5.84. The molecule has 126 valence electrons. The summed E-state index contributed by atoms with van der Waals surface area (Å²) in [5, 5.41) is 6.71. The summed E-state index contributed by atoms with van der Waals surface area (Å²) in [6, 6.07) is 4.32. The Morgan fingerprint density at radius 2 is 2.21 bits per heavy atom. The zero-order valence-corrected chi connectivity index (χ0v) is 14.8. The van der Waals surface area contributed by atoms with E-state index in [-0.39, 0.29) is 6.04 Å². The molecule has 1 aromatic rings. The minimum Gasteiger partial charge on any atom is -0.361 e. The fourth-order valence-corrected chi connectivity index (χ4v) is 3.01. The number of nitrogens with zero attached hydrogens (tertiary/aromatic N) is 2. The van der Waals surface area contributed by atoms with Gasteiger partial charge in [0.15, 0.2) is 0 Å². The van der Waals surface area contributed by atoms with E-state index in [2.05, 4.69) is 39.3 Å². The summed E-state index contributed by atoms with van der Waals surface area (Å²) in [5.41, 5.74) is 6.75. The minimum absolute atomic E-state index is 0.165. The summed E-state index contributed by atoms with van der Waals surface area (Å²) < 4.78 is 0. The number of aromatic nitrogens is 1. The second kappa shape index (κ2) is 7.14. The molecule has 2 aliphatic rings. The van der Waals surface area contributed by atoms with Crippen molar-refractivity contribution in [2.75, 3.05) is 7.05 Å². The molecule has 1 saturated carbocycles. The van der Waals surface area contributed by atoms with Crippen LogP contribution in [0.3, 0.4) is 0 Å². The summed E-state index contributed by atoms with van der Waals surface area (Å²) in [5.74, 6) is 0.628. The molecule has 1 unspecified atom stereocenters. The lowest BCUT2D eigenvalue weighted by Gasteiger charge is -2.24. The summed E-state index contributed by atoms with van der Waals surface area (Å²) in [7, 11) is 1.97.